The Balaban J connectivity index is 1.78. The van der Waals surface area contributed by atoms with E-state index in [1.165, 1.54) is 41.4 Å². The smallest absolute Gasteiger partial charge is 0.253 e. The number of rotatable bonds is 9. The number of benzene rings is 2. The van der Waals surface area contributed by atoms with Gasteiger partial charge < -0.3 is 15.7 Å². The molecule has 2 atom stereocenters. The lowest BCUT2D eigenvalue weighted by atomic mass is 9.73. The highest BCUT2D eigenvalue weighted by Gasteiger charge is 2.61. The van der Waals surface area contributed by atoms with Crippen molar-refractivity contribution >= 4 is 40.8 Å². The van der Waals surface area contributed by atoms with Crippen LogP contribution >= 0.6 is 11.6 Å². The van der Waals surface area contributed by atoms with Gasteiger partial charge in [0.05, 0.1) is 30.7 Å². The second-order valence-corrected chi connectivity index (χ2v) is 11.5. The first-order valence-electron chi connectivity index (χ1n) is 14.1. The standard InChI is InChI=1S/C31H27ClF4N6O4/c32-24-4-2-1-3-23(24)27(28(45)39-22-13-30(35,36)14-22)31(29(46)40-21-11-19(33)10-20(34)12-21)17-41(7-8-43)16-26(44)42(31)25-9-18(15-37)5-6-38-25/h1-6,9-12,22,27,43H,7-8,13-14,16-17H2,(H,39,45)(H,40,46)/t27-,31?/m1/s1. The van der Waals surface area contributed by atoms with E-state index in [2.05, 4.69) is 15.6 Å². The molecule has 46 heavy (non-hydrogen) atoms. The van der Waals surface area contributed by atoms with E-state index in [-0.39, 0.29) is 40.7 Å². The molecule has 5 rings (SSSR count). The number of aliphatic hydroxyl groups excluding tert-OH is 1. The number of pyridine rings is 1. The van der Waals surface area contributed by atoms with Crippen LogP contribution in [0.3, 0.4) is 0 Å². The number of nitrogens with zero attached hydrogens (tertiary/aromatic N) is 4. The Hall–Kier alpha value is -4.58. The van der Waals surface area contributed by atoms with Gasteiger partial charge in [0, 0.05) is 54.9 Å². The zero-order chi connectivity index (χ0) is 33.2. The molecule has 2 heterocycles. The largest absolute Gasteiger partial charge is 0.395 e. The number of alkyl halides is 2. The molecule has 1 aliphatic carbocycles. The van der Waals surface area contributed by atoms with E-state index in [1.54, 1.807) is 6.07 Å². The number of aromatic nitrogens is 1. The molecule has 3 N–H and O–H groups in total. The molecule has 1 unspecified atom stereocenters. The molecule has 1 saturated carbocycles. The van der Waals surface area contributed by atoms with Gasteiger partial charge >= 0.3 is 0 Å². The van der Waals surface area contributed by atoms with Crippen molar-refractivity contribution in [3.05, 3.63) is 88.6 Å². The molecule has 0 radical (unpaired) electrons. The number of β-amino-alcohol motifs (C(OH)–C–C–N with tert-alkyl or cyclic N) is 1. The fourth-order valence-electron chi connectivity index (χ4n) is 5.96. The highest BCUT2D eigenvalue weighted by Crippen LogP contribution is 2.44. The molecule has 1 aromatic heterocycles. The average molecular weight is 659 g/mol. The van der Waals surface area contributed by atoms with Crippen molar-refractivity contribution in [2.75, 3.05) is 36.5 Å². The van der Waals surface area contributed by atoms with Crippen LogP contribution < -0.4 is 15.5 Å². The van der Waals surface area contributed by atoms with Crippen LogP contribution in [0.25, 0.3) is 0 Å². The molecule has 15 heteroatoms. The van der Waals surface area contributed by atoms with E-state index >= 15 is 0 Å². The van der Waals surface area contributed by atoms with Crippen LogP contribution in [0.15, 0.2) is 60.8 Å². The highest BCUT2D eigenvalue weighted by atomic mass is 35.5. The maximum Gasteiger partial charge on any atom is 0.253 e. The first kappa shape index (κ1) is 32.8. The molecular weight excluding hydrogens is 632 g/mol. The van der Waals surface area contributed by atoms with Gasteiger partial charge in [0.25, 0.3) is 11.8 Å². The van der Waals surface area contributed by atoms with Crippen LogP contribution in [0.2, 0.25) is 5.02 Å². The van der Waals surface area contributed by atoms with Gasteiger partial charge in [-0.2, -0.15) is 5.26 Å². The molecule has 0 bridgehead atoms. The summed E-state index contributed by atoms with van der Waals surface area (Å²) in [5, 5.41) is 24.4. The molecule has 3 aromatic rings. The van der Waals surface area contributed by atoms with Crippen LogP contribution in [0.5, 0.6) is 0 Å². The van der Waals surface area contributed by atoms with E-state index in [1.807, 2.05) is 6.07 Å². The Morgan fingerprint density at radius 1 is 1.13 bits per heavy atom. The third kappa shape index (κ3) is 6.53. The molecule has 2 aromatic carbocycles. The molecule has 2 fully saturated rings. The second kappa shape index (κ2) is 13.0. The molecule has 0 spiro atoms. The molecule has 3 amide bonds. The van der Waals surface area contributed by atoms with Gasteiger partial charge in [-0.25, -0.2) is 22.5 Å². The van der Waals surface area contributed by atoms with E-state index < -0.39 is 78.8 Å². The van der Waals surface area contributed by atoms with Gasteiger partial charge in [-0.05, 0) is 35.9 Å². The van der Waals surface area contributed by atoms with Gasteiger partial charge in [0.1, 0.15) is 17.5 Å². The van der Waals surface area contributed by atoms with Crippen LogP contribution in [0.1, 0.15) is 29.9 Å². The van der Waals surface area contributed by atoms with Crippen LogP contribution in [-0.4, -0.2) is 76.5 Å². The third-order valence-corrected chi connectivity index (χ3v) is 8.24. The molecular formula is C31H27ClF4N6O4. The summed E-state index contributed by atoms with van der Waals surface area (Å²) < 4.78 is 56.1. The van der Waals surface area contributed by atoms with Crippen LogP contribution in [0.4, 0.5) is 29.1 Å². The van der Waals surface area contributed by atoms with E-state index in [4.69, 9.17) is 11.6 Å². The number of aliphatic hydroxyl groups is 1. The lowest BCUT2D eigenvalue weighted by Crippen LogP contribution is -2.74. The SMILES string of the molecule is N#Cc1ccnc(N2C(=O)CN(CCO)CC2(C(=O)Nc2cc(F)cc(F)c2)[C@@H](C(=O)NC2CC(F)(F)C2)c2ccccc2Cl)c1. The Bertz CT molecular complexity index is 1690. The Morgan fingerprint density at radius 3 is 2.46 bits per heavy atom. The quantitative estimate of drug-likeness (QED) is 0.299. The van der Waals surface area contributed by atoms with Crippen LogP contribution in [0, 0.1) is 23.0 Å². The van der Waals surface area contributed by atoms with E-state index in [9.17, 15) is 42.3 Å². The maximum atomic E-state index is 14.8. The first-order valence-corrected chi connectivity index (χ1v) is 14.5. The summed E-state index contributed by atoms with van der Waals surface area (Å²) in [6.45, 7) is -1.43. The van der Waals surface area contributed by atoms with Gasteiger partial charge in [0.15, 0.2) is 5.54 Å². The van der Waals surface area contributed by atoms with Crippen molar-refractivity contribution in [2.24, 2.45) is 0 Å². The van der Waals surface area contributed by atoms with Crippen molar-refractivity contribution in [3.63, 3.8) is 0 Å². The zero-order valence-electron chi connectivity index (χ0n) is 24.0. The number of anilines is 2. The Morgan fingerprint density at radius 2 is 1.83 bits per heavy atom. The van der Waals surface area contributed by atoms with Gasteiger partial charge in [-0.3, -0.25) is 24.2 Å². The lowest BCUT2D eigenvalue weighted by molar-refractivity contribution is -0.140. The highest BCUT2D eigenvalue weighted by molar-refractivity contribution is 6.32. The fourth-order valence-corrected chi connectivity index (χ4v) is 6.20. The number of piperazine rings is 1. The predicted octanol–water partition coefficient (Wildman–Crippen LogP) is 3.60. The Labute approximate surface area is 265 Å². The number of halogens is 5. The summed E-state index contributed by atoms with van der Waals surface area (Å²) in [7, 11) is 0. The number of carbonyl (C=O) groups is 3. The summed E-state index contributed by atoms with van der Waals surface area (Å²) in [5.74, 6) is -9.88. The Kier molecular flexibility index (Phi) is 9.29. The van der Waals surface area contributed by atoms with Gasteiger partial charge in [-0.15, -0.1) is 0 Å². The number of amides is 3. The number of hydrogen-bond acceptors (Lipinski definition) is 7. The average Bonchev–Trinajstić information content (AvgIpc) is 2.97. The minimum atomic E-state index is -3.01. The van der Waals surface area contributed by atoms with Crippen molar-refractivity contribution < 1.29 is 37.1 Å². The van der Waals surface area contributed by atoms with Gasteiger partial charge in [0.2, 0.25) is 11.8 Å². The van der Waals surface area contributed by atoms with Gasteiger partial charge in [-0.1, -0.05) is 29.8 Å². The number of hydrogen-bond donors (Lipinski definition) is 3. The first-order chi connectivity index (χ1) is 21.9. The van der Waals surface area contributed by atoms with Crippen molar-refractivity contribution in [3.8, 4) is 6.07 Å². The normalized spacial score (nSPS) is 20.4. The fraction of sp³-hybridized carbons (Fsp3) is 0.323. The topological polar surface area (TPSA) is 139 Å². The molecule has 1 saturated heterocycles. The summed E-state index contributed by atoms with van der Waals surface area (Å²) in [5.41, 5.74) is -2.68. The number of nitriles is 1. The summed E-state index contributed by atoms with van der Waals surface area (Å²) in [6, 6.07) is 11.7. The summed E-state index contributed by atoms with van der Waals surface area (Å²) in [4.78, 5) is 49.8. The predicted molar refractivity (Wildman–Crippen MR) is 158 cm³/mol. The van der Waals surface area contributed by atoms with E-state index in [0.717, 1.165) is 17.0 Å². The van der Waals surface area contributed by atoms with Crippen molar-refractivity contribution in [2.45, 2.75) is 36.3 Å². The zero-order valence-corrected chi connectivity index (χ0v) is 24.8. The molecule has 1 aliphatic heterocycles. The molecule has 240 valence electrons. The maximum absolute atomic E-state index is 14.8. The third-order valence-electron chi connectivity index (χ3n) is 7.90. The van der Waals surface area contributed by atoms with Crippen LogP contribution in [-0.2, 0) is 14.4 Å². The number of carbonyl (C=O) groups excluding carboxylic acids is 3. The summed E-state index contributed by atoms with van der Waals surface area (Å²) in [6.07, 6.45) is -0.117. The van der Waals surface area contributed by atoms with Crippen molar-refractivity contribution in [1.29, 1.82) is 5.26 Å². The van der Waals surface area contributed by atoms with E-state index in [0.29, 0.717) is 6.07 Å². The lowest BCUT2D eigenvalue weighted by Gasteiger charge is -2.52. The second-order valence-electron chi connectivity index (χ2n) is 11.1. The van der Waals surface area contributed by atoms with Crippen molar-refractivity contribution in [1.82, 2.24) is 15.2 Å². The minimum absolute atomic E-state index is 0.0176. The number of nitrogens with one attached hydrogen (secondary N) is 2. The molecule has 2 aliphatic rings. The monoisotopic (exact) mass is 658 g/mol. The minimum Gasteiger partial charge on any atom is -0.395 e. The summed E-state index contributed by atoms with van der Waals surface area (Å²) >= 11 is 6.61. The molecule has 10 nitrogen and oxygen atoms in total.